The van der Waals surface area contributed by atoms with Gasteiger partial charge in [0.25, 0.3) is 0 Å². The molecule has 104 valence electrons. The molecule has 0 saturated heterocycles. The Morgan fingerprint density at radius 1 is 1.20 bits per heavy atom. The topological polar surface area (TPSA) is 21.3 Å². The largest absolute Gasteiger partial charge is 0.493 e. The second-order valence-corrected chi connectivity index (χ2v) is 6.18. The van der Waals surface area contributed by atoms with Gasteiger partial charge in [-0.3, -0.25) is 0 Å². The first-order valence-corrected chi connectivity index (χ1v) is 7.69. The van der Waals surface area contributed by atoms with E-state index in [0.717, 1.165) is 23.2 Å². The van der Waals surface area contributed by atoms with Crippen LogP contribution in [0.4, 0.5) is 5.69 Å². The minimum absolute atomic E-state index is 0.303. The number of benzene rings is 2. The molecule has 2 aromatic rings. The van der Waals surface area contributed by atoms with E-state index in [2.05, 4.69) is 59.4 Å². The molecule has 3 rings (SSSR count). The molecule has 1 N–H and O–H groups in total. The predicted octanol–water partition coefficient (Wildman–Crippen LogP) is 5.00. The van der Waals surface area contributed by atoms with E-state index < -0.39 is 0 Å². The highest BCUT2D eigenvalue weighted by atomic mass is 79.9. The Balaban J connectivity index is 1.93. The molecule has 0 bridgehead atoms. The van der Waals surface area contributed by atoms with Crippen LogP contribution < -0.4 is 10.1 Å². The molecule has 0 fully saturated rings. The third-order valence-corrected chi connectivity index (χ3v) is 4.44. The van der Waals surface area contributed by atoms with E-state index in [1.807, 2.05) is 12.1 Å². The van der Waals surface area contributed by atoms with Crippen molar-refractivity contribution in [3.8, 4) is 5.75 Å². The minimum atomic E-state index is 0.303. The average Bonchev–Trinajstić information content (AvgIpc) is 2.44. The Hall–Kier alpha value is -1.48. The number of halogens is 1. The average molecular weight is 332 g/mol. The summed E-state index contributed by atoms with van der Waals surface area (Å²) in [6.45, 7) is 5.07. The van der Waals surface area contributed by atoms with Crippen molar-refractivity contribution in [3.05, 3.63) is 57.6 Å². The highest BCUT2D eigenvalue weighted by Crippen LogP contribution is 2.36. The van der Waals surface area contributed by atoms with Gasteiger partial charge in [0.1, 0.15) is 5.75 Å². The van der Waals surface area contributed by atoms with Crippen LogP contribution in [0.5, 0.6) is 5.75 Å². The Morgan fingerprint density at radius 3 is 2.90 bits per heavy atom. The molecule has 1 unspecified atom stereocenters. The summed E-state index contributed by atoms with van der Waals surface area (Å²) in [5, 5.41) is 3.67. The van der Waals surface area contributed by atoms with Gasteiger partial charge in [0.2, 0.25) is 0 Å². The lowest BCUT2D eigenvalue weighted by molar-refractivity contribution is 0.274. The van der Waals surface area contributed by atoms with Crippen LogP contribution in [0.2, 0.25) is 0 Å². The summed E-state index contributed by atoms with van der Waals surface area (Å²) in [5.74, 6) is 0.988. The zero-order chi connectivity index (χ0) is 14.1. The first kappa shape index (κ1) is 13.5. The number of ether oxygens (including phenoxy) is 1. The first-order chi connectivity index (χ1) is 9.65. The molecule has 0 aromatic heterocycles. The van der Waals surface area contributed by atoms with Crippen molar-refractivity contribution in [3.63, 3.8) is 0 Å². The van der Waals surface area contributed by atoms with Gasteiger partial charge in [-0.05, 0) is 49.2 Å². The number of aryl methyl sites for hydroxylation is 1. The Labute approximate surface area is 128 Å². The van der Waals surface area contributed by atoms with Gasteiger partial charge in [-0.25, -0.2) is 0 Å². The Morgan fingerprint density at radius 2 is 2.05 bits per heavy atom. The zero-order valence-corrected chi connectivity index (χ0v) is 13.3. The van der Waals surface area contributed by atoms with Crippen LogP contribution in [-0.4, -0.2) is 6.61 Å². The highest BCUT2D eigenvalue weighted by Gasteiger charge is 2.22. The molecule has 2 nitrogen and oxygen atoms in total. The maximum absolute atomic E-state index is 5.74. The molecule has 1 aliphatic heterocycles. The lowest BCUT2D eigenvalue weighted by atomic mass is 9.99. The van der Waals surface area contributed by atoms with E-state index in [-0.39, 0.29) is 0 Å². The lowest BCUT2D eigenvalue weighted by Crippen LogP contribution is -2.20. The van der Waals surface area contributed by atoms with Gasteiger partial charge in [-0.2, -0.15) is 0 Å². The van der Waals surface area contributed by atoms with Crippen LogP contribution >= 0.6 is 15.9 Å². The fraction of sp³-hybridized carbons (Fsp3) is 0.294. The SMILES string of the molecule is Cc1cccc(NC2CCOc3ccc(Br)cc32)c1C. The van der Waals surface area contributed by atoms with E-state index in [9.17, 15) is 0 Å². The minimum Gasteiger partial charge on any atom is -0.493 e. The van der Waals surface area contributed by atoms with Crippen LogP contribution in [-0.2, 0) is 0 Å². The van der Waals surface area contributed by atoms with Crippen molar-refractivity contribution in [2.45, 2.75) is 26.3 Å². The van der Waals surface area contributed by atoms with Crippen LogP contribution in [0, 0.1) is 13.8 Å². The van der Waals surface area contributed by atoms with E-state index >= 15 is 0 Å². The quantitative estimate of drug-likeness (QED) is 0.835. The number of rotatable bonds is 2. The molecule has 0 saturated carbocycles. The van der Waals surface area contributed by atoms with Gasteiger partial charge in [0.05, 0.1) is 12.6 Å². The van der Waals surface area contributed by atoms with Crippen molar-refractivity contribution in [1.29, 1.82) is 0 Å². The summed E-state index contributed by atoms with van der Waals surface area (Å²) in [7, 11) is 0. The van der Waals surface area contributed by atoms with Crippen molar-refractivity contribution >= 4 is 21.6 Å². The maximum atomic E-state index is 5.74. The second-order valence-electron chi connectivity index (χ2n) is 5.26. The summed E-state index contributed by atoms with van der Waals surface area (Å²) in [6, 6.07) is 12.9. The smallest absolute Gasteiger partial charge is 0.124 e. The zero-order valence-electron chi connectivity index (χ0n) is 11.7. The van der Waals surface area contributed by atoms with Crippen molar-refractivity contribution in [2.24, 2.45) is 0 Å². The summed E-state index contributed by atoms with van der Waals surface area (Å²) in [4.78, 5) is 0. The van der Waals surface area contributed by atoms with E-state index in [1.165, 1.54) is 22.4 Å². The Kier molecular flexibility index (Phi) is 3.70. The number of nitrogens with one attached hydrogen (secondary N) is 1. The summed E-state index contributed by atoms with van der Waals surface area (Å²) in [5.41, 5.74) is 5.07. The molecule has 0 amide bonds. The maximum Gasteiger partial charge on any atom is 0.124 e. The summed E-state index contributed by atoms with van der Waals surface area (Å²) < 4.78 is 6.83. The van der Waals surface area contributed by atoms with E-state index in [0.29, 0.717) is 6.04 Å². The summed E-state index contributed by atoms with van der Waals surface area (Å²) in [6.07, 6.45) is 0.983. The monoisotopic (exact) mass is 331 g/mol. The molecule has 0 radical (unpaired) electrons. The molecule has 1 heterocycles. The van der Waals surface area contributed by atoms with Gasteiger partial charge >= 0.3 is 0 Å². The molecule has 0 spiro atoms. The Bertz CT molecular complexity index is 639. The van der Waals surface area contributed by atoms with Gasteiger partial charge < -0.3 is 10.1 Å². The fourth-order valence-electron chi connectivity index (χ4n) is 2.61. The number of fused-ring (bicyclic) bond motifs is 1. The molecule has 20 heavy (non-hydrogen) atoms. The first-order valence-electron chi connectivity index (χ1n) is 6.90. The molecule has 0 aliphatic carbocycles. The lowest BCUT2D eigenvalue weighted by Gasteiger charge is -2.28. The van der Waals surface area contributed by atoms with Crippen LogP contribution in [0.3, 0.4) is 0 Å². The van der Waals surface area contributed by atoms with Gasteiger partial charge in [-0.15, -0.1) is 0 Å². The molecular weight excluding hydrogens is 314 g/mol. The molecule has 3 heteroatoms. The van der Waals surface area contributed by atoms with Crippen LogP contribution in [0.15, 0.2) is 40.9 Å². The number of anilines is 1. The standard InChI is InChI=1S/C17H18BrNO/c1-11-4-3-5-15(12(11)2)19-16-8-9-20-17-7-6-13(18)10-14(16)17/h3-7,10,16,19H,8-9H2,1-2H3. The number of hydrogen-bond acceptors (Lipinski definition) is 2. The normalized spacial score (nSPS) is 17.2. The molecule has 1 atom stereocenters. The van der Waals surface area contributed by atoms with Gasteiger partial charge in [0.15, 0.2) is 0 Å². The second kappa shape index (κ2) is 5.49. The van der Waals surface area contributed by atoms with Gasteiger partial charge in [-0.1, -0.05) is 28.1 Å². The third kappa shape index (κ3) is 2.55. The molecular formula is C17H18BrNO. The van der Waals surface area contributed by atoms with E-state index in [4.69, 9.17) is 4.74 Å². The molecule has 2 aromatic carbocycles. The van der Waals surface area contributed by atoms with Crippen LogP contribution in [0.1, 0.15) is 29.2 Å². The van der Waals surface area contributed by atoms with Crippen molar-refractivity contribution in [1.82, 2.24) is 0 Å². The van der Waals surface area contributed by atoms with Crippen molar-refractivity contribution in [2.75, 3.05) is 11.9 Å². The predicted molar refractivity (Wildman–Crippen MR) is 86.5 cm³/mol. The number of hydrogen-bond donors (Lipinski definition) is 1. The van der Waals surface area contributed by atoms with Crippen LogP contribution in [0.25, 0.3) is 0 Å². The summed E-state index contributed by atoms with van der Waals surface area (Å²) >= 11 is 3.55. The molecule has 1 aliphatic rings. The third-order valence-electron chi connectivity index (χ3n) is 3.95. The van der Waals surface area contributed by atoms with Crippen molar-refractivity contribution < 1.29 is 4.74 Å². The fourth-order valence-corrected chi connectivity index (χ4v) is 2.99. The highest BCUT2D eigenvalue weighted by molar-refractivity contribution is 9.10. The van der Waals surface area contributed by atoms with Gasteiger partial charge in [0, 0.05) is 22.1 Å². The van der Waals surface area contributed by atoms with E-state index in [1.54, 1.807) is 0 Å².